The molecule has 1 rings (SSSR count). The lowest BCUT2D eigenvalue weighted by Gasteiger charge is -2.19. The van der Waals surface area contributed by atoms with Crippen LogP contribution in [-0.2, 0) is 19.7 Å². The first-order chi connectivity index (χ1) is 9.37. The Morgan fingerprint density at radius 2 is 2.20 bits per heavy atom. The summed E-state index contributed by atoms with van der Waals surface area (Å²) in [7, 11) is 0. The van der Waals surface area contributed by atoms with Gasteiger partial charge in [0.25, 0.3) is 0 Å². The van der Waals surface area contributed by atoms with Crippen molar-refractivity contribution >= 4 is 22.4 Å². The maximum absolute atomic E-state index is 11.9. The molecule has 1 heterocycles. The summed E-state index contributed by atoms with van der Waals surface area (Å²) >= 11 is 1.49. The Hall–Kier alpha value is -1.14. The quantitative estimate of drug-likeness (QED) is 0.591. The average molecular weight is 300 g/mol. The molecule has 1 aromatic heterocycles. The normalized spacial score (nSPS) is 11.7. The molecule has 0 saturated carbocycles. The van der Waals surface area contributed by atoms with Crippen molar-refractivity contribution in [3.8, 4) is 0 Å². The second-order valence-electron chi connectivity index (χ2n) is 5.23. The van der Waals surface area contributed by atoms with Gasteiger partial charge in [-0.15, -0.1) is 11.3 Å². The van der Waals surface area contributed by atoms with E-state index in [9.17, 15) is 4.79 Å². The molecule has 0 unspecified atom stereocenters. The molecule has 0 bridgehead atoms. The van der Waals surface area contributed by atoms with E-state index in [1.54, 1.807) is 6.92 Å². The summed E-state index contributed by atoms with van der Waals surface area (Å²) in [6, 6.07) is 0. The third-order valence-corrected chi connectivity index (χ3v) is 3.56. The van der Waals surface area contributed by atoms with Crippen molar-refractivity contribution in [2.24, 2.45) is 0 Å². The van der Waals surface area contributed by atoms with Gasteiger partial charge in [-0.25, -0.2) is 4.98 Å². The zero-order chi connectivity index (χ0) is 15.2. The Balaban J connectivity index is 2.56. The summed E-state index contributed by atoms with van der Waals surface area (Å²) in [5, 5.41) is 5.88. The number of rotatable bonds is 8. The number of anilines is 1. The van der Waals surface area contributed by atoms with Gasteiger partial charge in [0.05, 0.1) is 25.0 Å². The fraction of sp³-hybridized carbons (Fsp3) is 0.714. The molecule has 0 aliphatic carbocycles. The summed E-state index contributed by atoms with van der Waals surface area (Å²) in [6.45, 7) is 11.2. The minimum absolute atomic E-state index is 0.228. The van der Waals surface area contributed by atoms with Gasteiger partial charge in [-0.05, 0) is 34.6 Å². The van der Waals surface area contributed by atoms with Crippen LogP contribution in [0.5, 0.6) is 0 Å². The molecule has 0 aromatic carbocycles. The van der Waals surface area contributed by atoms with E-state index < -0.39 is 5.41 Å². The molecule has 0 fully saturated rings. The van der Waals surface area contributed by atoms with Crippen molar-refractivity contribution < 1.29 is 14.3 Å². The Morgan fingerprint density at radius 1 is 1.50 bits per heavy atom. The minimum Gasteiger partial charge on any atom is -0.465 e. The van der Waals surface area contributed by atoms with Crippen LogP contribution in [0.3, 0.4) is 0 Å². The third kappa shape index (κ3) is 4.76. The van der Waals surface area contributed by atoms with E-state index in [0.29, 0.717) is 19.8 Å². The van der Waals surface area contributed by atoms with E-state index in [0.717, 1.165) is 10.8 Å². The van der Waals surface area contributed by atoms with Crippen molar-refractivity contribution in [3.05, 3.63) is 11.1 Å². The smallest absolute Gasteiger partial charge is 0.317 e. The van der Waals surface area contributed by atoms with E-state index >= 15 is 0 Å². The van der Waals surface area contributed by atoms with Gasteiger partial charge in [-0.1, -0.05) is 0 Å². The van der Waals surface area contributed by atoms with Crippen LogP contribution in [0, 0.1) is 0 Å². The second kappa shape index (κ2) is 7.59. The highest BCUT2D eigenvalue weighted by Gasteiger charge is 2.33. The largest absolute Gasteiger partial charge is 0.465 e. The van der Waals surface area contributed by atoms with E-state index in [2.05, 4.69) is 10.3 Å². The lowest BCUT2D eigenvalue weighted by atomic mass is 9.90. The Morgan fingerprint density at radius 3 is 2.80 bits per heavy atom. The number of carbonyl (C=O) groups is 1. The number of ether oxygens (including phenoxy) is 2. The van der Waals surface area contributed by atoms with Crippen LogP contribution in [0.1, 0.15) is 40.3 Å². The summed E-state index contributed by atoms with van der Waals surface area (Å²) < 4.78 is 10.5. The number of nitrogens with zero attached hydrogens (tertiary/aromatic N) is 1. The van der Waals surface area contributed by atoms with Crippen LogP contribution >= 0.6 is 11.3 Å². The second-order valence-corrected chi connectivity index (χ2v) is 6.09. The van der Waals surface area contributed by atoms with Crippen LogP contribution in [0.15, 0.2) is 5.38 Å². The highest BCUT2D eigenvalue weighted by atomic mass is 32.1. The monoisotopic (exact) mass is 300 g/mol. The summed E-state index contributed by atoms with van der Waals surface area (Å²) in [5.74, 6) is -0.250. The van der Waals surface area contributed by atoms with Gasteiger partial charge in [0.15, 0.2) is 5.13 Å². The van der Waals surface area contributed by atoms with Gasteiger partial charge >= 0.3 is 5.97 Å². The molecule has 20 heavy (non-hydrogen) atoms. The van der Waals surface area contributed by atoms with E-state index in [1.807, 2.05) is 33.1 Å². The zero-order valence-corrected chi connectivity index (χ0v) is 13.7. The van der Waals surface area contributed by atoms with Crippen molar-refractivity contribution in [1.29, 1.82) is 0 Å². The number of aromatic nitrogens is 1. The first kappa shape index (κ1) is 16.9. The van der Waals surface area contributed by atoms with Crippen LogP contribution < -0.4 is 5.32 Å². The average Bonchev–Trinajstić information content (AvgIpc) is 2.84. The highest BCUT2D eigenvalue weighted by molar-refractivity contribution is 7.13. The van der Waals surface area contributed by atoms with Crippen LogP contribution in [-0.4, -0.2) is 36.8 Å². The number of hydrogen-bond acceptors (Lipinski definition) is 6. The molecule has 0 aliphatic heterocycles. The van der Waals surface area contributed by atoms with Gasteiger partial charge in [0.1, 0.15) is 5.41 Å². The molecule has 1 aromatic rings. The fourth-order valence-electron chi connectivity index (χ4n) is 1.51. The Kier molecular flexibility index (Phi) is 6.42. The maximum atomic E-state index is 11.9. The molecular formula is C14H24N2O3S. The summed E-state index contributed by atoms with van der Waals surface area (Å²) in [4.78, 5) is 16.4. The van der Waals surface area contributed by atoms with Gasteiger partial charge in [0, 0.05) is 11.9 Å². The van der Waals surface area contributed by atoms with Crippen LogP contribution in [0.2, 0.25) is 0 Å². The number of carbonyl (C=O) groups excluding carboxylic acids is 1. The SMILES string of the molecule is CCOC(=O)C(C)(C)c1csc(NCCOC(C)C)n1. The molecule has 6 heteroatoms. The van der Waals surface area contributed by atoms with Crippen LogP contribution in [0.4, 0.5) is 5.13 Å². The number of esters is 1. The lowest BCUT2D eigenvalue weighted by Crippen LogP contribution is -2.31. The van der Waals surface area contributed by atoms with E-state index in [1.165, 1.54) is 11.3 Å². The molecular weight excluding hydrogens is 276 g/mol. The zero-order valence-electron chi connectivity index (χ0n) is 12.9. The summed E-state index contributed by atoms with van der Waals surface area (Å²) in [6.07, 6.45) is 0.228. The number of thiazole rings is 1. The van der Waals surface area contributed by atoms with Crippen molar-refractivity contribution in [2.75, 3.05) is 25.1 Å². The Bertz CT molecular complexity index is 430. The topological polar surface area (TPSA) is 60.5 Å². The van der Waals surface area contributed by atoms with E-state index in [4.69, 9.17) is 9.47 Å². The predicted octanol–water partition coefficient (Wildman–Crippen LogP) is 2.82. The van der Waals surface area contributed by atoms with Gasteiger partial charge in [0.2, 0.25) is 0 Å². The molecule has 1 N–H and O–H groups in total. The van der Waals surface area contributed by atoms with Gasteiger partial charge in [-0.3, -0.25) is 4.79 Å². The lowest BCUT2D eigenvalue weighted by molar-refractivity contribution is -0.148. The standard InChI is InChI=1S/C14H24N2O3S/c1-6-18-12(17)14(4,5)11-9-20-13(16-11)15-7-8-19-10(2)3/h9-10H,6-8H2,1-5H3,(H,15,16). The number of nitrogens with one attached hydrogen (secondary N) is 1. The first-order valence-electron chi connectivity index (χ1n) is 6.86. The molecule has 0 atom stereocenters. The molecule has 0 saturated heterocycles. The summed E-state index contributed by atoms with van der Waals surface area (Å²) in [5.41, 5.74) is 0.00848. The molecule has 0 amide bonds. The predicted molar refractivity (Wildman–Crippen MR) is 81.4 cm³/mol. The Labute approximate surface area is 124 Å². The van der Waals surface area contributed by atoms with E-state index in [-0.39, 0.29) is 12.1 Å². The van der Waals surface area contributed by atoms with Crippen LogP contribution in [0.25, 0.3) is 0 Å². The van der Waals surface area contributed by atoms with Crippen molar-refractivity contribution in [3.63, 3.8) is 0 Å². The first-order valence-corrected chi connectivity index (χ1v) is 7.74. The molecule has 0 spiro atoms. The molecule has 0 radical (unpaired) electrons. The highest BCUT2D eigenvalue weighted by Crippen LogP contribution is 2.28. The van der Waals surface area contributed by atoms with Crippen molar-refractivity contribution in [2.45, 2.75) is 46.1 Å². The molecule has 114 valence electrons. The minimum atomic E-state index is -0.721. The maximum Gasteiger partial charge on any atom is 0.317 e. The molecule has 5 nitrogen and oxygen atoms in total. The third-order valence-electron chi connectivity index (χ3n) is 2.76. The van der Waals surface area contributed by atoms with Crippen molar-refractivity contribution in [1.82, 2.24) is 4.98 Å². The fourth-order valence-corrected chi connectivity index (χ4v) is 2.42. The van der Waals surface area contributed by atoms with Gasteiger partial charge in [-0.2, -0.15) is 0 Å². The number of hydrogen-bond donors (Lipinski definition) is 1. The van der Waals surface area contributed by atoms with Gasteiger partial charge < -0.3 is 14.8 Å². The molecule has 0 aliphatic rings.